The van der Waals surface area contributed by atoms with Gasteiger partial charge in [0.25, 0.3) is 0 Å². The Bertz CT molecular complexity index is 3970. The molecule has 0 bridgehead atoms. The van der Waals surface area contributed by atoms with Gasteiger partial charge in [0.1, 0.15) is 22.3 Å². The van der Waals surface area contributed by atoms with E-state index in [1.54, 1.807) is 0 Å². The highest BCUT2D eigenvalue weighted by Gasteiger charge is 2.46. The van der Waals surface area contributed by atoms with Crippen molar-refractivity contribution >= 4 is 92.4 Å². The second-order valence-electron chi connectivity index (χ2n) is 17.1. The SMILES string of the molecule is c1ccc(C2(c3ccccc3)c3ccccc3-c3ccc(N(c4ccc(-c5cccc6c5oc5c6ccc6sc7ccccc7c65)cc4)c4ccc5c(c4)oc4ccccc45)cc32)cc1. The van der Waals surface area contributed by atoms with Crippen LogP contribution in [0.4, 0.5) is 17.1 Å². The van der Waals surface area contributed by atoms with E-state index in [-0.39, 0.29) is 0 Å². The summed E-state index contributed by atoms with van der Waals surface area (Å²) in [5.74, 6) is 0. The van der Waals surface area contributed by atoms with E-state index in [9.17, 15) is 0 Å². The van der Waals surface area contributed by atoms with Crippen LogP contribution < -0.4 is 4.90 Å². The Morgan fingerprint density at radius 1 is 0.354 bits per heavy atom. The molecule has 0 atom stereocenters. The summed E-state index contributed by atoms with van der Waals surface area (Å²) < 4.78 is 16.0. The topological polar surface area (TPSA) is 29.5 Å². The van der Waals surface area contributed by atoms with Gasteiger partial charge in [-0.2, -0.15) is 0 Å². The third kappa shape index (κ3) is 5.23. The molecule has 0 aliphatic heterocycles. The maximum atomic E-state index is 6.95. The molecule has 3 aromatic heterocycles. The zero-order valence-electron chi connectivity index (χ0n) is 35.0. The molecule has 0 radical (unpaired) electrons. The summed E-state index contributed by atoms with van der Waals surface area (Å²) in [5, 5.41) is 6.91. The summed E-state index contributed by atoms with van der Waals surface area (Å²) >= 11 is 1.82. The number of rotatable bonds is 6. The van der Waals surface area contributed by atoms with Crippen molar-refractivity contribution < 1.29 is 8.83 Å². The van der Waals surface area contributed by atoms with Crippen molar-refractivity contribution in [2.75, 3.05) is 4.90 Å². The molecule has 0 amide bonds. The third-order valence-corrected chi connectivity index (χ3v) is 14.9. The maximum Gasteiger partial charge on any atom is 0.144 e. The maximum absolute atomic E-state index is 6.95. The molecule has 1 aliphatic rings. The van der Waals surface area contributed by atoms with Crippen molar-refractivity contribution in [1.29, 1.82) is 0 Å². The minimum absolute atomic E-state index is 0.533. The Morgan fingerprint density at radius 2 is 0.954 bits per heavy atom. The summed E-state index contributed by atoms with van der Waals surface area (Å²) in [4.78, 5) is 2.38. The Balaban J connectivity index is 0.966. The van der Waals surface area contributed by atoms with Crippen LogP contribution in [0, 0.1) is 0 Å². The largest absolute Gasteiger partial charge is 0.456 e. The van der Waals surface area contributed by atoms with Crippen LogP contribution in [0.3, 0.4) is 0 Å². The van der Waals surface area contributed by atoms with Gasteiger partial charge in [-0.1, -0.05) is 158 Å². The minimum Gasteiger partial charge on any atom is -0.456 e. The molecule has 3 heterocycles. The fraction of sp³-hybridized carbons (Fsp3) is 0.0164. The summed E-state index contributed by atoms with van der Waals surface area (Å²) in [6.07, 6.45) is 0. The van der Waals surface area contributed by atoms with Crippen molar-refractivity contribution in [2.45, 2.75) is 5.41 Å². The average molecular weight is 848 g/mol. The van der Waals surface area contributed by atoms with Crippen LogP contribution in [-0.4, -0.2) is 0 Å². The predicted octanol–water partition coefficient (Wildman–Crippen LogP) is 17.4. The van der Waals surface area contributed by atoms with E-state index in [2.05, 4.69) is 217 Å². The van der Waals surface area contributed by atoms with Crippen LogP contribution in [-0.2, 0) is 5.41 Å². The van der Waals surface area contributed by atoms with E-state index in [0.29, 0.717) is 0 Å². The Labute approximate surface area is 378 Å². The van der Waals surface area contributed by atoms with E-state index < -0.39 is 5.41 Å². The van der Waals surface area contributed by atoms with Crippen LogP contribution in [0.15, 0.2) is 233 Å². The van der Waals surface area contributed by atoms with E-state index in [0.717, 1.165) is 72.1 Å². The first-order valence-corrected chi connectivity index (χ1v) is 23.0. The van der Waals surface area contributed by atoms with Gasteiger partial charge in [0.15, 0.2) is 0 Å². The fourth-order valence-electron chi connectivity index (χ4n) is 11.0. The molecule has 13 aromatic rings. The van der Waals surface area contributed by atoms with Gasteiger partial charge in [-0.3, -0.25) is 0 Å². The number of hydrogen-bond acceptors (Lipinski definition) is 4. The lowest BCUT2D eigenvalue weighted by atomic mass is 9.67. The molecule has 0 saturated heterocycles. The summed E-state index contributed by atoms with van der Waals surface area (Å²) in [7, 11) is 0. The molecule has 1 aliphatic carbocycles. The van der Waals surface area contributed by atoms with Crippen molar-refractivity contribution in [3.63, 3.8) is 0 Å². The number of fused-ring (bicyclic) bond motifs is 13. The number of para-hydroxylation sites is 2. The van der Waals surface area contributed by atoms with Crippen LogP contribution in [0.1, 0.15) is 22.3 Å². The van der Waals surface area contributed by atoms with E-state index in [1.807, 2.05) is 23.5 Å². The predicted molar refractivity (Wildman–Crippen MR) is 271 cm³/mol. The van der Waals surface area contributed by atoms with Gasteiger partial charge in [-0.15, -0.1) is 11.3 Å². The van der Waals surface area contributed by atoms with Gasteiger partial charge >= 0.3 is 0 Å². The van der Waals surface area contributed by atoms with E-state index in [1.165, 1.54) is 53.6 Å². The van der Waals surface area contributed by atoms with Crippen LogP contribution in [0.2, 0.25) is 0 Å². The second-order valence-corrected chi connectivity index (χ2v) is 18.2. The third-order valence-electron chi connectivity index (χ3n) is 13.8. The quantitative estimate of drug-likeness (QED) is 0.167. The Kier molecular flexibility index (Phi) is 7.77. The van der Waals surface area contributed by atoms with E-state index in [4.69, 9.17) is 8.83 Å². The molecule has 0 saturated carbocycles. The lowest BCUT2D eigenvalue weighted by Gasteiger charge is -2.35. The molecular weight excluding hydrogens is 811 g/mol. The number of hydrogen-bond donors (Lipinski definition) is 0. The van der Waals surface area contributed by atoms with Crippen LogP contribution in [0.5, 0.6) is 0 Å². The number of anilines is 3. The first kappa shape index (κ1) is 36.3. The van der Waals surface area contributed by atoms with Gasteiger partial charge in [0.05, 0.1) is 5.41 Å². The molecule has 4 heteroatoms. The highest BCUT2D eigenvalue weighted by Crippen LogP contribution is 2.57. The smallest absolute Gasteiger partial charge is 0.144 e. The van der Waals surface area contributed by atoms with Gasteiger partial charge in [-0.25, -0.2) is 0 Å². The Morgan fingerprint density at radius 3 is 1.78 bits per heavy atom. The molecule has 0 N–H and O–H groups in total. The molecule has 3 nitrogen and oxygen atoms in total. The zero-order chi connectivity index (χ0) is 42.6. The molecule has 10 aromatic carbocycles. The molecule has 65 heavy (non-hydrogen) atoms. The lowest BCUT2D eigenvalue weighted by molar-refractivity contribution is 0.669. The normalized spacial score (nSPS) is 13.0. The first-order chi connectivity index (χ1) is 32.2. The molecule has 304 valence electrons. The highest BCUT2D eigenvalue weighted by atomic mass is 32.1. The van der Waals surface area contributed by atoms with Gasteiger partial charge in [0, 0.05) is 70.4 Å². The molecule has 14 rings (SSSR count). The fourth-order valence-corrected chi connectivity index (χ4v) is 12.1. The van der Waals surface area contributed by atoms with Crippen molar-refractivity contribution in [3.05, 3.63) is 247 Å². The second kappa shape index (κ2) is 13.9. The van der Waals surface area contributed by atoms with Crippen molar-refractivity contribution in [3.8, 4) is 22.3 Å². The highest BCUT2D eigenvalue weighted by molar-refractivity contribution is 7.26. The van der Waals surface area contributed by atoms with Crippen molar-refractivity contribution in [1.82, 2.24) is 0 Å². The zero-order valence-corrected chi connectivity index (χ0v) is 35.9. The first-order valence-electron chi connectivity index (χ1n) is 22.2. The number of thiophene rings is 1. The lowest BCUT2D eigenvalue weighted by Crippen LogP contribution is -2.28. The van der Waals surface area contributed by atoms with Gasteiger partial charge < -0.3 is 13.7 Å². The summed E-state index contributed by atoms with van der Waals surface area (Å²) in [5.41, 5.74) is 15.8. The Hall–Kier alpha value is -8.18. The minimum atomic E-state index is -0.533. The van der Waals surface area contributed by atoms with Crippen LogP contribution in [0.25, 0.3) is 86.3 Å². The monoisotopic (exact) mass is 847 g/mol. The van der Waals surface area contributed by atoms with Gasteiger partial charge in [-0.05, 0) is 99.6 Å². The number of nitrogens with zero attached hydrogens (tertiary/aromatic N) is 1. The molecule has 0 unspecified atom stereocenters. The standard InChI is InChI=1S/C61H37NO2S/c1-3-14-39(15-4-1)61(40-16-5-2-6-17-40)52-23-10-7-18-45(52)46-32-30-42(36-53(46)61)62(43-31-33-48-47-19-8-11-24-54(47)63-55(48)37-43)41-28-26-38(27-29-41)44-21-13-22-49-50-34-35-57-58(60(50)64-59(44)49)51-20-9-12-25-56(51)65-57/h1-37H. The summed E-state index contributed by atoms with van der Waals surface area (Å²) in [6.45, 7) is 0. The molecule has 0 fully saturated rings. The number of benzene rings is 10. The van der Waals surface area contributed by atoms with Crippen LogP contribution >= 0.6 is 11.3 Å². The number of furan rings is 2. The van der Waals surface area contributed by atoms with Crippen molar-refractivity contribution in [2.24, 2.45) is 0 Å². The molecular formula is C61H37NO2S. The van der Waals surface area contributed by atoms with E-state index >= 15 is 0 Å². The van der Waals surface area contributed by atoms with Gasteiger partial charge in [0.2, 0.25) is 0 Å². The summed E-state index contributed by atoms with van der Waals surface area (Å²) in [6, 6.07) is 81.5. The average Bonchev–Trinajstić information content (AvgIpc) is 4.13. The molecule has 0 spiro atoms.